The second kappa shape index (κ2) is 6.84. The molecule has 1 aliphatic heterocycles. The first kappa shape index (κ1) is 16.1. The van der Waals surface area contributed by atoms with Gasteiger partial charge in [0.1, 0.15) is 5.69 Å². The number of fused-ring (bicyclic) bond motifs is 1. The van der Waals surface area contributed by atoms with E-state index in [1.807, 2.05) is 34.8 Å². The van der Waals surface area contributed by atoms with E-state index in [4.69, 9.17) is 9.47 Å². The fraction of sp³-hybridized carbons (Fsp3) is 0.500. The van der Waals surface area contributed by atoms with Crippen LogP contribution in [0.25, 0.3) is 0 Å². The maximum absolute atomic E-state index is 12.9. The van der Waals surface area contributed by atoms with Gasteiger partial charge in [0.05, 0.1) is 25.4 Å². The molecule has 1 saturated carbocycles. The maximum Gasteiger partial charge on any atom is 0.316 e. The number of ether oxygens (including phenoxy) is 2. The summed E-state index contributed by atoms with van der Waals surface area (Å²) in [5.74, 6) is 0.330. The molecule has 0 spiro atoms. The van der Waals surface area contributed by atoms with Crippen LogP contribution in [0.3, 0.4) is 0 Å². The van der Waals surface area contributed by atoms with Crippen molar-refractivity contribution in [2.75, 3.05) is 19.8 Å². The van der Waals surface area contributed by atoms with Crippen molar-refractivity contribution in [2.45, 2.75) is 25.0 Å². The Morgan fingerprint density at radius 2 is 2.16 bits per heavy atom. The lowest BCUT2D eigenvalue weighted by Crippen LogP contribution is -2.53. The summed E-state index contributed by atoms with van der Waals surface area (Å²) in [6.45, 7) is 1.72. The SMILES string of the molecule is Cn1cccc1C(=O)N1CCOC2C(COc3ncccn3)CCC21. The largest absolute Gasteiger partial charge is 0.463 e. The van der Waals surface area contributed by atoms with Crippen LogP contribution in [-0.4, -0.2) is 57.2 Å². The van der Waals surface area contributed by atoms with Crippen molar-refractivity contribution in [1.29, 1.82) is 0 Å². The van der Waals surface area contributed by atoms with Gasteiger partial charge in [-0.15, -0.1) is 0 Å². The van der Waals surface area contributed by atoms with Gasteiger partial charge in [-0.05, 0) is 31.0 Å². The Hall–Kier alpha value is -2.41. The number of carbonyl (C=O) groups is 1. The summed E-state index contributed by atoms with van der Waals surface area (Å²) >= 11 is 0. The molecule has 0 N–H and O–H groups in total. The summed E-state index contributed by atoms with van der Waals surface area (Å²) in [6, 6.07) is 6.03. The van der Waals surface area contributed by atoms with Gasteiger partial charge in [-0.1, -0.05) is 0 Å². The minimum absolute atomic E-state index is 0.0154. The lowest BCUT2D eigenvalue weighted by molar-refractivity contribution is -0.0685. The van der Waals surface area contributed by atoms with Crippen molar-refractivity contribution in [3.05, 3.63) is 42.5 Å². The van der Waals surface area contributed by atoms with Crippen molar-refractivity contribution < 1.29 is 14.3 Å². The molecule has 0 radical (unpaired) electrons. The molecule has 0 bridgehead atoms. The fourth-order valence-corrected chi connectivity index (χ4v) is 3.86. The van der Waals surface area contributed by atoms with Crippen LogP contribution in [0.5, 0.6) is 6.01 Å². The van der Waals surface area contributed by atoms with Crippen molar-refractivity contribution in [1.82, 2.24) is 19.4 Å². The van der Waals surface area contributed by atoms with Gasteiger partial charge in [0, 0.05) is 38.1 Å². The topological polar surface area (TPSA) is 69.5 Å². The second-order valence-corrected chi connectivity index (χ2v) is 6.59. The molecule has 2 aliphatic rings. The van der Waals surface area contributed by atoms with E-state index in [0.717, 1.165) is 18.5 Å². The number of nitrogens with zero attached hydrogens (tertiary/aromatic N) is 4. The highest BCUT2D eigenvalue weighted by Gasteiger charge is 2.45. The summed E-state index contributed by atoms with van der Waals surface area (Å²) in [6.07, 6.45) is 7.15. The van der Waals surface area contributed by atoms with Crippen LogP contribution in [0.2, 0.25) is 0 Å². The molecule has 2 aromatic rings. The number of aromatic nitrogens is 3. The van der Waals surface area contributed by atoms with E-state index in [0.29, 0.717) is 25.8 Å². The van der Waals surface area contributed by atoms with Gasteiger partial charge >= 0.3 is 6.01 Å². The normalized spacial score (nSPS) is 25.6. The molecule has 3 atom stereocenters. The molecule has 3 unspecified atom stereocenters. The lowest BCUT2D eigenvalue weighted by atomic mass is 10.0. The Bertz CT molecular complexity index is 733. The third kappa shape index (κ3) is 3.11. The van der Waals surface area contributed by atoms with E-state index in [1.54, 1.807) is 18.5 Å². The van der Waals surface area contributed by atoms with E-state index >= 15 is 0 Å². The zero-order chi connectivity index (χ0) is 17.2. The fourth-order valence-electron chi connectivity index (χ4n) is 3.86. The Morgan fingerprint density at radius 1 is 1.32 bits per heavy atom. The highest BCUT2D eigenvalue weighted by atomic mass is 16.5. The third-order valence-corrected chi connectivity index (χ3v) is 5.11. The molecule has 25 heavy (non-hydrogen) atoms. The zero-order valence-corrected chi connectivity index (χ0v) is 14.2. The number of carbonyl (C=O) groups excluding carboxylic acids is 1. The molecule has 1 saturated heterocycles. The monoisotopic (exact) mass is 342 g/mol. The minimum Gasteiger partial charge on any atom is -0.463 e. The first-order chi connectivity index (χ1) is 12.2. The summed E-state index contributed by atoms with van der Waals surface area (Å²) in [7, 11) is 1.90. The molecular formula is C18H22N4O3. The average molecular weight is 342 g/mol. The molecule has 7 heteroatoms. The van der Waals surface area contributed by atoms with Crippen LogP contribution < -0.4 is 4.74 Å². The highest BCUT2D eigenvalue weighted by molar-refractivity contribution is 5.93. The first-order valence-corrected chi connectivity index (χ1v) is 8.68. The van der Waals surface area contributed by atoms with Crippen molar-refractivity contribution in [2.24, 2.45) is 13.0 Å². The van der Waals surface area contributed by atoms with Gasteiger partial charge < -0.3 is 18.9 Å². The molecule has 3 heterocycles. The molecule has 2 fully saturated rings. The number of hydrogen-bond donors (Lipinski definition) is 0. The Balaban J connectivity index is 1.43. The zero-order valence-electron chi connectivity index (χ0n) is 14.2. The Labute approximate surface area is 146 Å². The van der Waals surface area contributed by atoms with Crippen LogP contribution in [0, 0.1) is 5.92 Å². The average Bonchev–Trinajstić information content (AvgIpc) is 3.26. The molecular weight excluding hydrogens is 320 g/mol. The summed E-state index contributed by atoms with van der Waals surface area (Å²) in [5.41, 5.74) is 0.720. The molecule has 4 rings (SSSR count). The Morgan fingerprint density at radius 3 is 2.92 bits per heavy atom. The summed E-state index contributed by atoms with van der Waals surface area (Å²) in [4.78, 5) is 23.1. The minimum atomic E-state index is 0.0154. The van der Waals surface area contributed by atoms with E-state index < -0.39 is 0 Å². The van der Waals surface area contributed by atoms with Crippen LogP contribution in [0.4, 0.5) is 0 Å². The van der Waals surface area contributed by atoms with Gasteiger partial charge in [0.25, 0.3) is 5.91 Å². The number of rotatable bonds is 4. The number of aryl methyl sites for hydroxylation is 1. The second-order valence-electron chi connectivity index (χ2n) is 6.59. The van der Waals surface area contributed by atoms with Gasteiger partial charge in [0.15, 0.2) is 0 Å². The molecule has 1 amide bonds. The van der Waals surface area contributed by atoms with Crippen molar-refractivity contribution in [3.63, 3.8) is 0 Å². The molecule has 0 aromatic carbocycles. The highest BCUT2D eigenvalue weighted by Crippen LogP contribution is 2.35. The number of hydrogen-bond acceptors (Lipinski definition) is 5. The van der Waals surface area contributed by atoms with Crippen LogP contribution in [0.1, 0.15) is 23.3 Å². The standard InChI is InChI=1S/C18H22N4O3/c1-21-9-2-4-15(21)17(23)22-10-11-24-16-13(5-6-14(16)22)12-25-18-19-7-3-8-20-18/h2-4,7-9,13-14,16H,5-6,10-12H2,1H3. The third-order valence-electron chi connectivity index (χ3n) is 5.11. The van der Waals surface area contributed by atoms with Gasteiger partial charge in [-0.3, -0.25) is 4.79 Å². The molecule has 132 valence electrons. The maximum atomic E-state index is 12.9. The first-order valence-electron chi connectivity index (χ1n) is 8.68. The van der Waals surface area contributed by atoms with E-state index in [-0.39, 0.29) is 24.0 Å². The van der Waals surface area contributed by atoms with Crippen LogP contribution >= 0.6 is 0 Å². The quantitative estimate of drug-likeness (QED) is 0.842. The number of morpholine rings is 1. The lowest BCUT2D eigenvalue weighted by Gasteiger charge is -2.39. The predicted molar refractivity (Wildman–Crippen MR) is 90.2 cm³/mol. The summed E-state index contributed by atoms with van der Waals surface area (Å²) in [5, 5.41) is 0. The predicted octanol–water partition coefficient (Wildman–Crippen LogP) is 1.51. The van der Waals surface area contributed by atoms with E-state index in [1.165, 1.54) is 0 Å². The summed E-state index contributed by atoms with van der Waals surface area (Å²) < 4.78 is 13.6. The van der Waals surface area contributed by atoms with Crippen LogP contribution in [0.15, 0.2) is 36.8 Å². The van der Waals surface area contributed by atoms with Gasteiger partial charge in [0.2, 0.25) is 0 Å². The van der Waals surface area contributed by atoms with Crippen molar-refractivity contribution >= 4 is 5.91 Å². The van der Waals surface area contributed by atoms with Crippen molar-refractivity contribution in [3.8, 4) is 6.01 Å². The molecule has 2 aromatic heterocycles. The van der Waals surface area contributed by atoms with E-state index in [2.05, 4.69) is 9.97 Å². The molecule has 1 aliphatic carbocycles. The van der Waals surface area contributed by atoms with E-state index in [9.17, 15) is 4.79 Å². The number of amides is 1. The van der Waals surface area contributed by atoms with Crippen LogP contribution in [-0.2, 0) is 11.8 Å². The molecule has 7 nitrogen and oxygen atoms in total. The van der Waals surface area contributed by atoms with Gasteiger partial charge in [-0.2, -0.15) is 0 Å². The smallest absolute Gasteiger partial charge is 0.316 e. The Kier molecular flexibility index (Phi) is 4.40. The van der Waals surface area contributed by atoms with Gasteiger partial charge in [-0.25, -0.2) is 9.97 Å².